The molecule has 4 unspecified atom stereocenters. The van der Waals surface area contributed by atoms with Crippen molar-refractivity contribution >= 4 is 0 Å². The fourth-order valence-corrected chi connectivity index (χ4v) is 4.06. The van der Waals surface area contributed by atoms with Gasteiger partial charge in [0.15, 0.2) is 0 Å². The smallest absolute Gasteiger partial charge is 0.0131 e. The predicted octanol–water partition coefficient (Wildman–Crippen LogP) is 4.07. The van der Waals surface area contributed by atoms with Gasteiger partial charge in [-0.3, -0.25) is 4.90 Å². The zero-order valence-electron chi connectivity index (χ0n) is 11.8. The second-order valence-electron chi connectivity index (χ2n) is 7.26. The minimum absolute atomic E-state index is 0.510. The first kappa shape index (κ1) is 12.4. The molecule has 2 aliphatic heterocycles. The number of fused-ring (bicyclic) bond motifs is 2. The summed E-state index contributed by atoms with van der Waals surface area (Å²) in [6.45, 7) is 11.9. The molecular formula is C15H29N. The van der Waals surface area contributed by atoms with Crippen molar-refractivity contribution in [3.8, 4) is 0 Å². The lowest BCUT2D eigenvalue weighted by molar-refractivity contribution is 0.159. The standard InChI is InChI=1S/C15H29N/c1-6-11(2)16-13-7-8-14(16)12(9-13)10-15(3,4)5/h11-14H,6-10H2,1-5H3. The minimum atomic E-state index is 0.510. The van der Waals surface area contributed by atoms with Gasteiger partial charge >= 0.3 is 0 Å². The van der Waals surface area contributed by atoms with Crippen molar-refractivity contribution in [2.24, 2.45) is 11.3 Å². The zero-order valence-corrected chi connectivity index (χ0v) is 11.8. The van der Waals surface area contributed by atoms with Gasteiger partial charge < -0.3 is 0 Å². The van der Waals surface area contributed by atoms with E-state index in [9.17, 15) is 0 Å². The van der Waals surface area contributed by atoms with Crippen LogP contribution in [0.4, 0.5) is 0 Å². The quantitative estimate of drug-likeness (QED) is 0.697. The van der Waals surface area contributed by atoms with Crippen molar-refractivity contribution in [3.63, 3.8) is 0 Å². The lowest BCUT2D eigenvalue weighted by Crippen LogP contribution is -2.38. The van der Waals surface area contributed by atoms with Gasteiger partial charge in [0, 0.05) is 18.1 Å². The van der Waals surface area contributed by atoms with Crippen LogP contribution in [0.2, 0.25) is 0 Å². The molecule has 0 aromatic heterocycles. The van der Waals surface area contributed by atoms with Crippen LogP contribution < -0.4 is 0 Å². The summed E-state index contributed by atoms with van der Waals surface area (Å²) < 4.78 is 0. The Kier molecular flexibility index (Phi) is 3.36. The van der Waals surface area contributed by atoms with Gasteiger partial charge in [0.25, 0.3) is 0 Å². The SMILES string of the molecule is CCC(C)N1C2CCC1C(CC(C)(C)C)C2. The molecule has 0 aromatic carbocycles. The van der Waals surface area contributed by atoms with Crippen LogP contribution in [0.25, 0.3) is 0 Å². The first-order valence-corrected chi connectivity index (χ1v) is 7.20. The Hall–Kier alpha value is -0.0400. The monoisotopic (exact) mass is 223 g/mol. The largest absolute Gasteiger partial charge is 0.294 e. The number of rotatable bonds is 3. The Labute approximate surface area is 102 Å². The maximum atomic E-state index is 2.86. The van der Waals surface area contributed by atoms with Gasteiger partial charge in [0.05, 0.1) is 0 Å². The molecule has 0 aromatic rings. The average Bonchev–Trinajstić information content (AvgIpc) is 2.70. The molecule has 2 bridgehead atoms. The molecule has 2 rings (SSSR count). The van der Waals surface area contributed by atoms with Crippen molar-refractivity contribution in [3.05, 3.63) is 0 Å². The van der Waals surface area contributed by atoms with E-state index in [0.29, 0.717) is 5.41 Å². The molecule has 0 saturated carbocycles. The third-order valence-corrected chi connectivity index (χ3v) is 4.69. The fourth-order valence-electron chi connectivity index (χ4n) is 4.06. The van der Waals surface area contributed by atoms with Crippen LogP contribution in [0.3, 0.4) is 0 Å². The van der Waals surface area contributed by atoms with Crippen LogP contribution in [0, 0.1) is 11.3 Å². The highest BCUT2D eigenvalue weighted by molar-refractivity contribution is 5.02. The highest BCUT2D eigenvalue weighted by Crippen LogP contribution is 2.47. The number of hydrogen-bond acceptors (Lipinski definition) is 1. The lowest BCUT2D eigenvalue weighted by Gasteiger charge is -2.32. The van der Waals surface area contributed by atoms with Crippen LogP contribution in [-0.2, 0) is 0 Å². The predicted molar refractivity (Wildman–Crippen MR) is 70.6 cm³/mol. The summed E-state index contributed by atoms with van der Waals surface area (Å²) in [5, 5.41) is 0. The molecule has 2 heterocycles. The molecule has 2 saturated heterocycles. The number of nitrogens with zero attached hydrogens (tertiary/aromatic N) is 1. The van der Waals surface area contributed by atoms with E-state index in [1.165, 1.54) is 32.1 Å². The molecule has 0 amide bonds. The van der Waals surface area contributed by atoms with Crippen LogP contribution in [0.5, 0.6) is 0 Å². The van der Waals surface area contributed by atoms with E-state index in [-0.39, 0.29) is 0 Å². The molecule has 2 aliphatic rings. The van der Waals surface area contributed by atoms with Crippen LogP contribution in [0.1, 0.15) is 66.7 Å². The van der Waals surface area contributed by atoms with E-state index in [4.69, 9.17) is 0 Å². The summed E-state index contributed by atoms with van der Waals surface area (Å²) >= 11 is 0. The summed E-state index contributed by atoms with van der Waals surface area (Å²) in [6, 6.07) is 2.65. The minimum Gasteiger partial charge on any atom is -0.294 e. The Morgan fingerprint density at radius 1 is 1.25 bits per heavy atom. The highest BCUT2D eigenvalue weighted by atomic mass is 15.3. The molecular weight excluding hydrogens is 194 g/mol. The van der Waals surface area contributed by atoms with E-state index in [1.807, 2.05) is 0 Å². The average molecular weight is 223 g/mol. The van der Waals surface area contributed by atoms with Crippen LogP contribution in [0.15, 0.2) is 0 Å². The summed E-state index contributed by atoms with van der Waals surface area (Å²) in [6.07, 6.45) is 7.15. The van der Waals surface area contributed by atoms with E-state index < -0.39 is 0 Å². The third kappa shape index (κ3) is 2.30. The topological polar surface area (TPSA) is 3.24 Å². The van der Waals surface area contributed by atoms with E-state index in [2.05, 4.69) is 39.5 Å². The Morgan fingerprint density at radius 2 is 1.94 bits per heavy atom. The molecule has 0 aliphatic carbocycles. The lowest BCUT2D eigenvalue weighted by atomic mass is 9.77. The number of hydrogen-bond donors (Lipinski definition) is 0. The molecule has 0 spiro atoms. The zero-order chi connectivity index (χ0) is 11.9. The Morgan fingerprint density at radius 3 is 2.50 bits per heavy atom. The third-order valence-electron chi connectivity index (χ3n) is 4.69. The van der Waals surface area contributed by atoms with Crippen molar-refractivity contribution in [2.45, 2.75) is 84.8 Å². The first-order valence-electron chi connectivity index (χ1n) is 7.20. The van der Waals surface area contributed by atoms with Gasteiger partial charge in [-0.25, -0.2) is 0 Å². The van der Waals surface area contributed by atoms with E-state index in [0.717, 1.165) is 24.0 Å². The first-order chi connectivity index (χ1) is 7.42. The molecule has 0 radical (unpaired) electrons. The Bertz CT molecular complexity index is 240. The van der Waals surface area contributed by atoms with Gasteiger partial charge in [-0.15, -0.1) is 0 Å². The normalized spacial score (nSPS) is 36.9. The molecule has 4 atom stereocenters. The summed E-state index contributed by atoms with van der Waals surface area (Å²) in [7, 11) is 0. The van der Waals surface area contributed by atoms with Gasteiger partial charge in [0.1, 0.15) is 0 Å². The van der Waals surface area contributed by atoms with E-state index >= 15 is 0 Å². The second kappa shape index (κ2) is 4.33. The molecule has 0 N–H and O–H groups in total. The van der Waals surface area contributed by atoms with Crippen molar-refractivity contribution in [2.75, 3.05) is 0 Å². The van der Waals surface area contributed by atoms with Gasteiger partial charge in [-0.1, -0.05) is 27.7 Å². The summed E-state index contributed by atoms with van der Waals surface area (Å²) in [5.74, 6) is 0.979. The molecule has 16 heavy (non-hydrogen) atoms. The van der Waals surface area contributed by atoms with Crippen LogP contribution >= 0.6 is 0 Å². The summed E-state index contributed by atoms with van der Waals surface area (Å²) in [4.78, 5) is 2.86. The van der Waals surface area contributed by atoms with Gasteiger partial charge in [-0.05, 0) is 50.4 Å². The Balaban J connectivity index is 2.02. The molecule has 2 fully saturated rings. The fraction of sp³-hybridized carbons (Fsp3) is 1.00. The van der Waals surface area contributed by atoms with Gasteiger partial charge in [0.2, 0.25) is 0 Å². The van der Waals surface area contributed by atoms with Crippen LogP contribution in [-0.4, -0.2) is 23.0 Å². The van der Waals surface area contributed by atoms with Crippen molar-refractivity contribution < 1.29 is 0 Å². The van der Waals surface area contributed by atoms with E-state index in [1.54, 1.807) is 0 Å². The maximum Gasteiger partial charge on any atom is 0.0131 e. The van der Waals surface area contributed by atoms with Crippen molar-refractivity contribution in [1.29, 1.82) is 0 Å². The summed E-state index contributed by atoms with van der Waals surface area (Å²) in [5.41, 5.74) is 0.510. The van der Waals surface area contributed by atoms with Crippen molar-refractivity contribution in [1.82, 2.24) is 4.90 Å². The molecule has 1 nitrogen and oxygen atoms in total. The highest BCUT2D eigenvalue weighted by Gasteiger charge is 2.47. The second-order valence-corrected chi connectivity index (χ2v) is 7.26. The maximum absolute atomic E-state index is 2.86. The van der Waals surface area contributed by atoms with Gasteiger partial charge in [-0.2, -0.15) is 0 Å². The molecule has 94 valence electrons. The molecule has 1 heteroatoms.